The number of urea groups is 1. The Hall–Kier alpha value is -0.770. The average Bonchev–Trinajstić information content (AvgIpc) is 2.21. The topological polar surface area (TPSA) is 58.4 Å². The van der Waals surface area contributed by atoms with Gasteiger partial charge in [-0.05, 0) is 25.8 Å². The molecule has 0 aromatic rings. The van der Waals surface area contributed by atoms with Crippen molar-refractivity contribution in [2.45, 2.75) is 27.2 Å². The van der Waals surface area contributed by atoms with Crippen LogP contribution in [0.4, 0.5) is 4.79 Å². The van der Waals surface area contributed by atoms with E-state index in [-0.39, 0.29) is 6.03 Å². The van der Waals surface area contributed by atoms with E-state index in [0.717, 1.165) is 26.1 Å². The fourth-order valence-electron chi connectivity index (χ4n) is 1.15. The van der Waals surface area contributed by atoms with Crippen LogP contribution >= 0.6 is 0 Å². The molecular weight excluding hydrogens is 178 g/mol. The second-order valence-corrected chi connectivity index (χ2v) is 3.61. The summed E-state index contributed by atoms with van der Waals surface area (Å²) in [5.41, 5.74) is 5.52. The second kappa shape index (κ2) is 7.62. The van der Waals surface area contributed by atoms with Gasteiger partial charge in [-0.1, -0.05) is 13.8 Å². The zero-order valence-electron chi connectivity index (χ0n) is 9.55. The van der Waals surface area contributed by atoms with Gasteiger partial charge >= 0.3 is 6.03 Å². The first-order valence-electron chi connectivity index (χ1n) is 5.38. The van der Waals surface area contributed by atoms with E-state index in [1.165, 1.54) is 0 Å². The molecule has 0 saturated carbocycles. The molecule has 0 rings (SSSR count). The quantitative estimate of drug-likeness (QED) is 0.674. The van der Waals surface area contributed by atoms with Crippen molar-refractivity contribution < 1.29 is 4.79 Å². The third-order valence-electron chi connectivity index (χ3n) is 2.13. The number of amides is 2. The summed E-state index contributed by atoms with van der Waals surface area (Å²) >= 11 is 0. The third-order valence-corrected chi connectivity index (χ3v) is 2.13. The highest BCUT2D eigenvalue weighted by molar-refractivity contribution is 5.74. The van der Waals surface area contributed by atoms with Gasteiger partial charge < -0.3 is 16.0 Å². The van der Waals surface area contributed by atoms with Gasteiger partial charge in [0, 0.05) is 19.6 Å². The first-order chi connectivity index (χ1) is 6.65. The summed E-state index contributed by atoms with van der Waals surface area (Å²) in [6, 6.07) is 0.0228. The lowest BCUT2D eigenvalue weighted by molar-refractivity contribution is 0.193. The molecule has 3 N–H and O–H groups in total. The lowest BCUT2D eigenvalue weighted by Gasteiger charge is -2.24. The predicted octanol–water partition coefficient (Wildman–Crippen LogP) is 1.02. The molecule has 1 unspecified atom stereocenters. The van der Waals surface area contributed by atoms with Crippen LogP contribution in [-0.2, 0) is 0 Å². The Morgan fingerprint density at radius 3 is 2.57 bits per heavy atom. The number of nitrogens with one attached hydrogen (secondary N) is 1. The molecule has 0 saturated heterocycles. The van der Waals surface area contributed by atoms with Gasteiger partial charge in [-0.3, -0.25) is 0 Å². The summed E-state index contributed by atoms with van der Waals surface area (Å²) in [5, 5.41) is 2.86. The van der Waals surface area contributed by atoms with Crippen LogP contribution in [0, 0.1) is 5.92 Å². The number of nitrogens with zero attached hydrogens (tertiary/aromatic N) is 1. The fourth-order valence-corrected chi connectivity index (χ4v) is 1.15. The molecule has 14 heavy (non-hydrogen) atoms. The minimum absolute atomic E-state index is 0.0228. The number of carbonyl (C=O) groups is 1. The number of hydrogen-bond acceptors (Lipinski definition) is 2. The molecule has 0 fully saturated rings. The van der Waals surface area contributed by atoms with Gasteiger partial charge in [0.2, 0.25) is 0 Å². The summed E-state index contributed by atoms with van der Waals surface area (Å²) in [6.45, 7) is 8.91. The van der Waals surface area contributed by atoms with E-state index < -0.39 is 0 Å². The molecule has 0 aliphatic rings. The molecule has 0 bridgehead atoms. The number of rotatable bonds is 6. The zero-order valence-corrected chi connectivity index (χ0v) is 9.55. The largest absolute Gasteiger partial charge is 0.338 e. The van der Waals surface area contributed by atoms with Crippen molar-refractivity contribution in [3.63, 3.8) is 0 Å². The maximum atomic E-state index is 11.6. The summed E-state index contributed by atoms with van der Waals surface area (Å²) in [5.74, 6) is 0.363. The second-order valence-electron chi connectivity index (χ2n) is 3.61. The highest BCUT2D eigenvalue weighted by Gasteiger charge is 2.12. The molecule has 84 valence electrons. The molecule has 0 aliphatic heterocycles. The Labute approximate surface area is 86.8 Å². The van der Waals surface area contributed by atoms with Gasteiger partial charge in [-0.15, -0.1) is 0 Å². The molecule has 0 aromatic heterocycles. The molecular formula is C10H23N3O. The van der Waals surface area contributed by atoms with Crippen molar-refractivity contribution >= 4 is 6.03 Å². The summed E-state index contributed by atoms with van der Waals surface area (Å²) in [7, 11) is 0. The monoisotopic (exact) mass is 201 g/mol. The van der Waals surface area contributed by atoms with Crippen molar-refractivity contribution in [1.82, 2.24) is 10.2 Å². The number of nitrogens with two attached hydrogens (primary N) is 1. The van der Waals surface area contributed by atoms with Crippen molar-refractivity contribution in [1.29, 1.82) is 0 Å². The molecule has 1 atom stereocenters. The zero-order chi connectivity index (χ0) is 11.0. The standard InChI is InChI=1S/C10H23N3O/c1-4-6-12-10(14)13(5-2)8-9(3)7-11/h9H,4-8,11H2,1-3H3,(H,12,14). The lowest BCUT2D eigenvalue weighted by Crippen LogP contribution is -2.43. The molecule has 4 nitrogen and oxygen atoms in total. The van der Waals surface area contributed by atoms with E-state index in [4.69, 9.17) is 5.73 Å². The lowest BCUT2D eigenvalue weighted by atomic mass is 10.2. The van der Waals surface area contributed by atoms with Gasteiger partial charge in [0.25, 0.3) is 0 Å². The molecule has 2 amide bonds. The Bertz CT molecular complexity index is 161. The highest BCUT2D eigenvalue weighted by atomic mass is 16.2. The molecule has 4 heteroatoms. The van der Waals surface area contributed by atoms with Crippen LogP contribution < -0.4 is 11.1 Å². The molecule has 0 spiro atoms. The number of carbonyl (C=O) groups excluding carboxylic acids is 1. The van der Waals surface area contributed by atoms with Crippen LogP contribution in [-0.4, -0.2) is 37.1 Å². The van der Waals surface area contributed by atoms with Crippen LogP contribution in [0.1, 0.15) is 27.2 Å². The Morgan fingerprint density at radius 1 is 1.50 bits per heavy atom. The van der Waals surface area contributed by atoms with Crippen molar-refractivity contribution in [2.75, 3.05) is 26.2 Å². The van der Waals surface area contributed by atoms with E-state index in [2.05, 4.69) is 12.2 Å². The average molecular weight is 201 g/mol. The Kier molecular flexibility index (Phi) is 7.20. The van der Waals surface area contributed by atoms with Crippen LogP contribution in [0.2, 0.25) is 0 Å². The van der Waals surface area contributed by atoms with E-state index in [0.29, 0.717) is 12.5 Å². The maximum absolute atomic E-state index is 11.6. The molecule has 0 heterocycles. The van der Waals surface area contributed by atoms with Gasteiger partial charge in [0.05, 0.1) is 0 Å². The molecule has 0 aliphatic carbocycles. The van der Waals surface area contributed by atoms with Crippen molar-refractivity contribution in [2.24, 2.45) is 11.7 Å². The third kappa shape index (κ3) is 5.07. The van der Waals surface area contributed by atoms with Gasteiger partial charge in [-0.2, -0.15) is 0 Å². The Balaban J connectivity index is 3.92. The van der Waals surface area contributed by atoms with Crippen LogP contribution in [0.3, 0.4) is 0 Å². The summed E-state index contributed by atoms with van der Waals surface area (Å²) < 4.78 is 0. The minimum atomic E-state index is 0.0228. The van der Waals surface area contributed by atoms with Crippen LogP contribution in [0.15, 0.2) is 0 Å². The van der Waals surface area contributed by atoms with Gasteiger partial charge in [0.15, 0.2) is 0 Å². The van der Waals surface area contributed by atoms with E-state index in [1.54, 1.807) is 4.90 Å². The van der Waals surface area contributed by atoms with E-state index in [1.807, 2.05) is 13.8 Å². The van der Waals surface area contributed by atoms with Crippen molar-refractivity contribution in [3.8, 4) is 0 Å². The Morgan fingerprint density at radius 2 is 2.14 bits per heavy atom. The molecule has 0 radical (unpaired) electrons. The highest BCUT2D eigenvalue weighted by Crippen LogP contribution is 1.98. The first-order valence-corrected chi connectivity index (χ1v) is 5.38. The first kappa shape index (κ1) is 13.2. The van der Waals surface area contributed by atoms with E-state index in [9.17, 15) is 4.79 Å². The summed E-state index contributed by atoms with van der Waals surface area (Å²) in [6.07, 6.45) is 0.968. The van der Waals surface area contributed by atoms with Crippen LogP contribution in [0.25, 0.3) is 0 Å². The van der Waals surface area contributed by atoms with Gasteiger partial charge in [0.1, 0.15) is 0 Å². The predicted molar refractivity (Wildman–Crippen MR) is 59.2 cm³/mol. The van der Waals surface area contributed by atoms with Gasteiger partial charge in [-0.25, -0.2) is 4.79 Å². The van der Waals surface area contributed by atoms with Crippen molar-refractivity contribution in [3.05, 3.63) is 0 Å². The maximum Gasteiger partial charge on any atom is 0.317 e. The minimum Gasteiger partial charge on any atom is -0.338 e. The smallest absolute Gasteiger partial charge is 0.317 e. The fraction of sp³-hybridized carbons (Fsp3) is 0.900. The number of hydrogen-bond donors (Lipinski definition) is 2. The normalized spacial score (nSPS) is 12.3. The SMILES string of the molecule is CCCNC(=O)N(CC)CC(C)CN. The van der Waals surface area contributed by atoms with E-state index >= 15 is 0 Å². The molecule has 0 aromatic carbocycles. The van der Waals surface area contributed by atoms with Crippen LogP contribution in [0.5, 0.6) is 0 Å². The summed E-state index contributed by atoms with van der Waals surface area (Å²) in [4.78, 5) is 13.4.